The SMILES string of the molecule is COc1ccccc1CNc1nc(C(C)C)nc2c(C)nn(C)c12. The van der Waals surface area contributed by atoms with Crippen LogP contribution in [0.5, 0.6) is 5.75 Å². The second-order valence-electron chi connectivity index (χ2n) is 6.16. The van der Waals surface area contributed by atoms with Crippen molar-refractivity contribution >= 4 is 16.9 Å². The third-order valence-corrected chi connectivity index (χ3v) is 4.02. The van der Waals surface area contributed by atoms with Gasteiger partial charge in [0.05, 0.1) is 12.8 Å². The lowest BCUT2D eigenvalue weighted by atomic mass is 10.2. The molecule has 6 heteroatoms. The number of nitrogens with one attached hydrogen (secondary N) is 1. The van der Waals surface area contributed by atoms with Crippen molar-refractivity contribution in [3.63, 3.8) is 0 Å². The molecule has 0 fully saturated rings. The molecule has 1 N–H and O–H groups in total. The summed E-state index contributed by atoms with van der Waals surface area (Å²) in [7, 11) is 3.60. The lowest BCUT2D eigenvalue weighted by Crippen LogP contribution is -2.08. The average Bonchev–Trinajstić information content (AvgIpc) is 2.87. The van der Waals surface area contributed by atoms with E-state index in [4.69, 9.17) is 9.72 Å². The number of ether oxygens (including phenoxy) is 1. The molecule has 126 valence electrons. The fraction of sp³-hybridized carbons (Fsp3) is 0.389. The van der Waals surface area contributed by atoms with E-state index >= 15 is 0 Å². The highest BCUT2D eigenvalue weighted by Gasteiger charge is 2.16. The molecule has 0 saturated heterocycles. The predicted molar refractivity (Wildman–Crippen MR) is 95.5 cm³/mol. The van der Waals surface area contributed by atoms with Gasteiger partial charge in [0.2, 0.25) is 0 Å². The van der Waals surface area contributed by atoms with Gasteiger partial charge in [0, 0.05) is 25.1 Å². The van der Waals surface area contributed by atoms with Crippen LogP contribution < -0.4 is 10.1 Å². The Bertz CT molecular complexity index is 869. The van der Waals surface area contributed by atoms with Crippen LogP contribution in [0.2, 0.25) is 0 Å². The molecule has 0 aliphatic heterocycles. The summed E-state index contributed by atoms with van der Waals surface area (Å²) in [6.07, 6.45) is 0. The van der Waals surface area contributed by atoms with Gasteiger partial charge in [0.25, 0.3) is 0 Å². The molecule has 6 nitrogen and oxygen atoms in total. The first kappa shape index (κ1) is 16.2. The van der Waals surface area contributed by atoms with Crippen LogP contribution in [0.15, 0.2) is 24.3 Å². The van der Waals surface area contributed by atoms with Crippen LogP contribution in [-0.2, 0) is 13.6 Å². The van der Waals surface area contributed by atoms with E-state index in [1.165, 1.54) is 0 Å². The van der Waals surface area contributed by atoms with Gasteiger partial charge in [-0.1, -0.05) is 32.0 Å². The third kappa shape index (κ3) is 2.91. The smallest absolute Gasteiger partial charge is 0.156 e. The number of rotatable bonds is 5. The quantitative estimate of drug-likeness (QED) is 0.778. The maximum atomic E-state index is 5.42. The molecule has 24 heavy (non-hydrogen) atoms. The highest BCUT2D eigenvalue weighted by molar-refractivity contribution is 5.87. The van der Waals surface area contributed by atoms with Gasteiger partial charge < -0.3 is 10.1 Å². The zero-order valence-corrected chi connectivity index (χ0v) is 14.8. The van der Waals surface area contributed by atoms with Gasteiger partial charge in [-0.25, -0.2) is 9.97 Å². The normalized spacial score (nSPS) is 11.2. The standard InChI is InChI=1S/C18H23N5O/c1-11(2)17-20-15-12(3)22-23(4)16(15)18(21-17)19-10-13-8-6-7-9-14(13)24-5/h6-9,11H,10H2,1-5H3,(H,19,20,21). The van der Waals surface area contributed by atoms with Crippen molar-refractivity contribution in [2.45, 2.75) is 33.2 Å². The van der Waals surface area contributed by atoms with E-state index in [9.17, 15) is 0 Å². The molecular formula is C18H23N5O. The van der Waals surface area contributed by atoms with Crippen LogP contribution in [0.1, 0.15) is 36.8 Å². The minimum absolute atomic E-state index is 0.251. The predicted octanol–water partition coefficient (Wildman–Crippen LogP) is 3.42. The summed E-state index contributed by atoms with van der Waals surface area (Å²) in [5.41, 5.74) is 3.82. The zero-order chi connectivity index (χ0) is 17.3. The number of anilines is 1. The first-order valence-corrected chi connectivity index (χ1v) is 8.08. The van der Waals surface area contributed by atoms with Crippen LogP contribution in [0.3, 0.4) is 0 Å². The molecule has 2 heterocycles. The van der Waals surface area contributed by atoms with Crippen LogP contribution in [-0.4, -0.2) is 26.9 Å². The molecule has 3 rings (SSSR count). The van der Waals surface area contributed by atoms with Crippen molar-refractivity contribution in [2.75, 3.05) is 12.4 Å². The highest BCUT2D eigenvalue weighted by Crippen LogP contribution is 2.26. The van der Waals surface area contributed by atoms with E-state index in [1.807, 2.05) is 42.9 Å². The Hall–Kier alpha value is -2.63. The van der Waals surface area contributed by atoms with Gasteiger partial charge in [-0.3, -0.25) is 4.68 Å². The van der Waals surface area contributed by atoms with Crippen molar-refractivity contribution < 1.29 is 4.74 Å². The number of nitrogens with zero attached hydrogens (tertiary/aromatic N) is 4. The van der Waals surface area contributed by atoms with Gasteiger partial charge in [0.1, 0.15) is 22.6 Å². The van der Waals surface area contributed by atoms with Gasteiger partial charge in [-0.2, -0.15) is 5.10 Å². The van der Waals surface area contributed by atoms with Crippen molar-refractivity contribution in [3.8, 4) is 5.75 Å². The molecule has 0 aliphatic rings. The van der Waals surface area contributed by atoms with Crippen LogP contribution in [0.25, 0.3) is 11.0 Å². The number of methoxy groups -OCH3 is 1. The molecular weight excluding hydrogens is 302 g/mol. The van der Waals surface area contributed by atoms with Crippen LogP contribution >= 0.6 is 0 Å². The second kappa shape index (κ2) is 6.47. The van der Waals surface area contributed by atoms with Gasteiger partial charge >= 0.3 is 0 Å². The lowest BCUT2D eigenvalue weighted by Gasteiger charge is -2.13. The number of para-hydroxylation sites is 1. The van der Waals surface area contributed by atoms with Crippen LogP contribution in [0.4, 0.5) is 5.82 Å². The number of benzene rings is 1. The first-order valence-electron chi connectivity index (χ1n) is 8.08. The highest BCUT2D eigenvalue weighted by atomic mass is 16.5. The van der Waals surface area contributed by atoms with Gasteiger partial charge in [0.15, 0.2) is 5.82 Å². The van der Waals surface area contributed by atoms with Crippen molar-refractivity contribution in [2.24, 2.45) is 7.05 Å². The largest absolute Gasteiger partial charge is 0.496 e. The summed E-state index contributed by atoms with van der Waals surface area (Å²) in [5, 5.41) is 7.93. The maximum absolute atomic E-state index is 5.42. The minimum Gasteiger partial charge on any atom is -0.496 e. The topological polar surface area (TPSA) is 64.9 Å². The Kier molecular flexibility index (Phi) is 4.38. The zero-order valence-electron chi connectivity index (χ0n) is 14.8. The number of hydrogen-bond acceptors (Lipinski definition) is 5. The van der Waals surface area contributed by atoms with Gasteiger partial charge in [-0.05, 0) is 13.0 Å². The molecule has 0 atom stereocenters. The summed E-state index contributed by atoms with van der Waals surface area (Å²) in [4.78, 5) is 9.41. The minimum atomic E-state index is 0.251. The second-order valence-corrected chi connectivity index (χ2v) is 6.16. The fourth-order valence-electron chi connectivity index (χ4n) is 2.76. The monoisotopic (exact) mass is 325 g/mol. The van der Waals surface area contributed by atoms with E-state index in [-0.39, 0.29) is 5.92 Å². The molecule has 0 unspecified atom stereocenters. The van der Waals surface area contributed by atoms with Crippen molar-refractivity contribution in [3.05, 3.63) is 41.3 Å². The molecule has 1 aromatic carbocycles. The summed E-state index contributed by atoms with van der Waals surface area (Å²) in [6.45, 7) is 6.79. The van der Waals surface area contributed by atoms with E-state index in [0.717, 1.165) is 39.7 Å². The molecule has 0 spiro atoms. The third-order valence-electron chi connectivity index (χ3n) is 4.02. The van der Waals surface area contributed by atoms with Crippen LogP contribution in [0, 0.1) is 6.92 Å². The van der Waals surface area contributed by atoms with E-state index in [0.29, 0.717) is 6.54 Å². The Morgan fingerprint density at radius 2 is 1.96 bits per heavy atom. The van der Waals surface area contributed by atoms with E-state index < -0.39 is 0 Å². The fourth-order valence-corrected chi connectivity index (χ4v) is 2.76. The maximum Gasteiger partial charge on any atom is 0.156 e. The summed E-state index contributed by atoms with van der Waals surface area (Å²) < 4.78 is 7.25. The summed E-state index contributed by atoms with van der Waals surface area (Å²) in [6, 6.07) is 7.97. The molecule has 0 radical (unpaired) electrons. The number of hydrogen-bond donors (Lipinski definition) is 1. The Morgan fingerprint density at radius 1 is 1.21 bits per heavy atom. The Labute approximate surface area is 141 Å². The van der Waals surface area contributed by atoms with Gasteiger partial charge in [-0.15, -0.1) is 0 Å². The average molecular weight is 325 g/mol. The number of aryl methyl sites for hydroxylation is 2. The van der Waals surface area contributed by atoms with E-state index in [1.54, 1.807) is 7.11 Å². The Morgan fingerprint density at radius 3 is 2.67 bits per heavy atom. The summed E-state index contributed by atoms with van der Waals surface area (Å²) in [5.74, 6) is 2.74. The molecule has 2 aromatic heterocycles. The molecule has 0 saturated carbocycles. The number of fused-ring (bicyclic) bond motifs is 1. The first-order chi connectivity index (χ1) is 11.5. The lowest BCUT2D eigenvalue weighted by molar-refractivity contribution is 0.410. The summed E-state index contributed by atoms with van der Waals surface area (Å²) >= 11 is 0. The van der Waals surface area contributed by atoms with E-state index in [2.05, 4.69) is 29.2 Å². The Balaban J connectivity index is 2.01. The van der Waals surface area contributed by atoms with Crippen molar-refractivity contribution in [1.29, 1.82) is 0 Å². The molecule has 3 aromatic rings. The van der Waals surface area contributed by atoms with Crippen molar-refractivity contribution in [1.82, 2.24) is 19.7 Å². The number of aromatic nitrogens is 4. The molecule has 0 amide bonds. The molecule has 0 aliphatic carbocycles. The molecule has 0 bridgehead atoms.